The van der Waals surface area contributed by atoms with Gasteiger partial charge in [-0.3, -0.25) is 0 Å². The summed E-state index contributed by atoms with van der Waals surface area (Å²) in [4.78, 5) is 26.8. The summed E-state index contributed by atoms with van der Waals surface area (Å²) in [7, 11) is 0. The van der Waals surface area contributed by atoms with Gasteiger partial charge in [-0.15, -0.1) is 0 Å². The molecule has 0 aromatic heterocycles. The highest BCUT2D eigenvalue weighted by Crippen LogP contribution is 2.14. The molecule has 5 heteroatoms. The monoisotopic (exact) mass is 367 g/mol. The molecule has 1 amide bonds. The number of hydrogen-bond acceptors (Lipinski definition) is 4. The van der Waals surface area contributed by atoms with Gasteiger partial charge >= 0.3 is 12.1 Å². The lowest BCUT2D eigenvalue weighted by Crippen LogP contribution is -2.41. The highest BCUT2D eigenvalue weighted by atomic mass is 16.6. The van der Waals surface area contributed by atoms with Crippen molar-refractivity contribution < 1.29 is 19.1 Å². The summed E-state index contributed by atoms with van der Waals surface area (Å²) in [5, 5.41) is 0. The van der Waals surface area contributed by atoms with Gasteiger partial charge in [0, 0.05) is 19.5 Å². The van der Waals surface area contributed by atoms with Crippen molar-refractivity contribution >= 4 is 12.1 Å². The van der Waals surface area contributed by atoms with E-state index in [-0.39, 0.29) is 6.61 Å². The highest BCUT2D eigenvalue weighted by molar-refractivity contribution is 5.79. The second-order valence-corrected chi connectivity index (χ2v) is 6.70. The number of esters is 1. The molecular weight excluding hydrogens is 342 g/mol. The van der Waals surface area contributed by atoms with Gasteiger partial charge < -0.3 is 14.4 Å². The molecule has 2 aromatic rings. The van der Waals surface area contributed by atoms with Crippen LogP contribution in [0.2, 0.25) is 0 Å². The first-order valence-corrected chi connectivity index (χ1v) is 9.42. The topological polar surface area (TPSA) is 55.8 Å². The molecule has 0 saturated carbocycles. The number of likely N-dealkylation sites (tertiary alicyclic amines) is 1. The van der Waals surface area contributed by atoms with Gasteiger partial charge in [0.05, 0.1) is 0 Å². The summed E-state index contributed by atoms with van der Waals surface area (Å²) in [6.07, 6.45) is 1.97. The Morgan fingerprint density at radius 1 is 0.852 bits per heavy atom. The molecule has 1 heterocycles. The number of benzene rings is 2. The van der Waals surface area contributed by atoms with Gasteiger partial charge in [0.15, 0.2) is 0 Å². The van der Waals surface area contributed by atoms with Gasteiger partial charge in [0.1, 0.15) is 6.61 Å². The minimum absolute atomic E-state index is 0.159. The zero-order valence-electron chi connectivity index (χ0n) is 15.4. The maximum atomic E-state index is 12.6. The molecule has 1 saturated heterocycles. The minimum Gasteiger partial charge on any atom is -0.458 e. The average molecular weight is 367 g/mol. The van der Waals surface area contributed by atoms with Gasteiger partial charge in [-0.1, -0.05) is 60.7 Å². The normalized spacial score (nSPS) is 15.0. The van der Waals surface area contributed by atoms with E-state index in [2.05, 4.69) is 0 Å². The number of piperidine rings is 1. The molecule has 27 heavy (non-hydrogen) atoms. The Labute approximate surface area is 159 Å². The second-order valence-electron chi connectivity index (χ2n) is 6.70. The molecule has 3 rings (SSSR count). The number of rotatable bonds is 6. The molecule has 2 aromatic carbocycles. The van der Waals surface area contributed by atoms with Crippen LogP contribution in [-0.2, 0) is 27.3 Å². The molecule has 1 aliphatic rings. The summed E-state index contributed by atoms with van der Waals surface area (Å²) >= 11 is 0. The van der Waals surface area contributed by atoms with Crippen LogP contribution >= 0.6 is 0 Å². The Balaban J connectivity index is 1.64. The quantitative estimate of drug-likeness (QED) is 0.725. The van der Waals surface area contributed by atoms with Crippen LogP contribution in [0.1, 0.15) is 30.4 Å². The van der Waals surface area contributed by atoms with E-state index in [1.807, 2.05) is 60.7 Å². The molecule has 1 atom stereocenters. The van der Waals surface area contributed by atoms with E-state index in [4.69, 9.17) is 9.47 Å². The molecular formula is C22H25NO4. The van der Waals surface area contributed by atoms with Crippen molar-refractivity contribution in [2.45, 2.75) is 38.4 Å². The molecule has 0 N–H and O–H groups in total. The van der Waals surface area contributed by atoms with Crippen LogP contribution in [-0.4, -0.2) is 36.2 Å². The zero-order valence-corrected chi connectivity index (χ0v) is 15.4. The molecule has 0 unspecified atom stereocenters. The third-order valence-electron chi connectivity index (χ3n) is 4.61. The first-order valence-electron chi connectivity index (χ1n) is 9.42. The summed E-state index contributed by atoms with van der Waals surface area (Å²) < 4.78 is 11.0. The number of amides is 1. The van der Waals surface area contributed by atoms with Gasteiger partial charge in [0.25, 0.3) is 0 Å². The van der Waals surface area contributed by atoms with Crippen molar-refractivity contribution in [2.24, 2.45) is 0 Å². The number of carbonyl (C=O) groups excluding carboxylic acids is 2. The van der Waals surface area contributed by atoms with E-state index < -0.39 is 18.2 Å². The number of hydrogen-bond donors (Lipinski definition) is 0. The van der Waals surface area contributed by atoms with Crippen LogP contribution in [0.3, 0.4) is 0 Å². The first-order chi connectivity index (χ1) is 13.2. The Kier molecular flexibility index (Phi) is 6.85. The van der Waals surface area contributed by atoms with Crippen molar-refractivity contribution in [1.82, 2.24) is 4.90 Å². The van der Waals surface area contributed by atoms with Crippen LogP contribution in [0, 0.1) is 0 Å². The molecule has 0 bridgehead atoms. The predicted octanol–water partition coefficient (Wildman–Crippen LogP) is 3.96. The SMILES string of the molecule is O=C(OCc1ccccc1)[C@H](Cc1ccccc1)OC(=O)N1CCCCC1. The standard InChI is InChI=1S/C22H25NO4/c24-21(26-17-19-12-6-2-7-13-19)20(16-18-10-4-1-5-11-18)27-22(25)23-14-8-3-9-15-23/h1-2,4-7,10-13,20H,3,8-9,14-17H2/t20-/m0/s1. The van der Waals surface area contributed by atoms with Crippen LogP contribution in [0.5, 0.6) is 0 Å². The van der Waals surface area contributed by atoms with Gasteiger partial charge in [-0.05, 0) is 30.4 Å². The fourth-order valence-electron chi connectivity index (χ4n) is 3.10. The summed E-state index contributed by atoms with van der Waals surface area (Å²) in [6, 6.07) is 19.0. The molecule has 0 aliphatic carbocycles. The largest absolute Gasteiger partial charge is 0.458 e. The summed E-state index contributed by atoms with van der Waals surface area (Å²) in [5.74, 6) is -0.520. The smallest absolute Gasteiger partial charge is 0.410 e. The van der Waals surface area contributed by atoms with E-state index in [1.165, 1.54) is 0 Å². The molecule has 0 spiro atoms. The van der Waals surface area contributed by atoms with E-state index in [0.717, 1.165) is 30.4 Å². The van der Waals surface area contributed by atoms with Gasteiger partial charge in [-0.2, -0.15) is 0 Å². The minimum atomic E-state index is -0.953. The van der Waals surface area contributed by atoms with Crippen LogP contribution in [0.4, 0.5) is 4.79 Å². The van der Waals surface area contributed by atoms with Crippen molar-refractivity contribution in [1.29, 1.82) is 0 Å². The highest BCUT2D eigenvalue weighted by Gasteiger charge is 2.28. The van der Waals surface area contributed by atoms with Crippen molar-refractivity contribution in [3.63, 3.8) is 0 Å². The Bertz CT molecular complexity index is 726. The van der Waals surface area contributed by atoms with Crippen molar-refractivity contribution in [3.05, 3.63) is 71.8 Å². The van der Waals surface area contributed by atoms with Crippen LogP contribution in [0.15, 0.2) is 60.7 Å². The maximum absolute atomic E-state index is 12.6. The Morgan fingerprint density at radius 3 is 2.07 bits per heavy atom. The van der Waals surface area contributed by atoms with Crippen molar-refractivity contribution in [3.8, 4) is 0 Å². The number of carbonyl (C=O) groups is 2. The molecule has 5 nitrogen and oxygen atoms in total. The molecule has 1 fully saturated rings. The molecule has 142 valence electrons. The zero-order chi connectivity index (χ0) is 18.9. The molecule has 1 aliphatic heterocycles. The lowest BCUT2D eigenvalue weighted by atomic mass is 10.1. The fourth-order valence-corrected chi connectivity index (χ4v) is 3.10. The van der Waals surface area contributed by atoms with E-state index >= 15 is 0 Å². The fraction of sp³-hybridized carbons (Fsp3) is 0.364. The van der Waals surface area contributed by atoms with Crippen LogP contribution < -0.4 is 0 Å². The van der Waals surface area contributed by atoms with Gasteiger partial charge in [0.2, 0.25) is 6.10 Å². The lowest BCUT2D eigenvalue weighted by molar-refractivity contribution is -0.155. The predicted molar refractivity (Wildman–Crippen MR) is 102 cm³/mol. The lowest BCUT2D eigenvalue weighted by Gasteiger charge is -2.27. The summed E-state index contributed by atoms with van der Waals surface area (Å²) in [6.45, 7) is 1.51. The van der Waals surface area contributed by atoms with Gasteiger partial charge in [-0.25, -0.2) is 9.59 Å². The van der Waals surface area contributed by atoms with E-state index in [0.29, 0.717) is 19.5 Å². The van der Waals surface area contributed by atoms with Crippen molar-refractivity contribution in [2.75, 3.05) is 13.1 Å². The molecule has 0 radical (unpaired) electrons. The third kappa shape index (κ3) is 5.84. The van der Waals surface area contributed by atoms with E-state index in [9.17, 15) is 9.59 Å². The Morgan fingerprint density at radius 2 is 1.44 bits per heavy atom. The Hall–Kier alpha value is -2.82. The average Bonchev–Trinajstić information content (AvgIpc) is 2.73. The summed E-state index contributed by atoms with van der Waals surface area (Å²) in [5.41, 5.74) is 1.82. The van der Waals surface area contributed by atoms with Crippen LogP contribution in [0.25, 0.3) is 0 Å². The van der Waals surface area contributed by atoms with E-state index in [1.54, 1.807) is 4.90 Å². The number of nitrogens with zero attached hydrogens (tertiary/aromatic N) is 1. The second kappa shape index (κ2) is 9.76. The maximum Gasteiger partial charge on any atom is 0.410 e. The number of ether oxygens (including phenoxy) is 2. The first kappa shape index (κ1) is 19.0. The third-order valence-corrected chi connectivity index (χ3v) is 4.61.